The number of hydrogen-bond donors (Lipinski definition) is 1. The summed E-state index contributed by atoms with van der Waals surface area (Å²) in [5.41, 5.74) is 0. The van der Waals surface area contributed by atoms with Crippen molar-refractivity contribution in [3.63, 3.8) is 0 Å². The summed E-state index contributed by atoms with van der Waals surface area (Å²) >= 11 is 0. The topological polar surface area (TPSA) is 63.2 Å². The Hall–Kier alpha value is -0.680. The zero-order valence-corrected chi connectivity index (χ0v) is 5.44. The smallest absolute Gasteiger partial charge is 0.233 e. The Morgan fingerprint density at radius 3 is 2.56 bits per heavy atom. The third kappa shape index (κ3) is 3.87. The van der Waals surface area contributed by atoms with Gasteiger partial charge in [-0.05, 0) is 0 Å². The molecule has 0 aromatic carbocycles. The summed E-state index contributed by atoms with van der Waals surface area (Å²) in [4.78, 5) is 9.48. The predicted molar refractivity (Wildman–Crippen MR) is 32.8 cm³/mol. The Balaban J connectivity index is 3.89. The molecule has 0 fully saturated rings. The third-order valence-corrected chi connectivity index (χ3v) is 1.55. The van der Waals surface area contributed by atoms with Gasteiger partial charge in [-0.3, -0.25) is 4.79 Å². The van der Waals surface area contributed by atoms with Crippen molar-refractivity contribution in [2.45, 2.75) is 0 Å². The fourth-order valence-electron chi connectivity index (χ4n) is 0.189. The van der Waals surface area contributed by atoms with E-state index in [1.807, 2.05) is 4.72 Å². The molecule has 0 aromatic heterocycles. The highest BCUT2D eigenvalue weighted by Gasteiger charge is 1.99. The van der Waals surface area contributed by atoms with Crippen LogP contribution in [-0.2, 0) is 14.8 Å². The first-order valence-corrected chi connectivity index (χ1v) is 3.64. The Labute approximate surface area is 53.6 Å². The molecule has 1 N–H and O–H groups in total. The third-order valence-electron chi connectivity index (χ3n) is 0.565. The first kappa shape index (κ1) is 8.32. The Morgan fingerprint density at radius 1 is 1.67 bits per heavy atom. The molecule has 1 radical (unpaired) electrons. The van der Waals surface area contributed by atoms with E-state index < -0.39 is 10.0 Å². The van der Waals surface area contributed by atoms with Gasteiger partial charge in [0.25, 0.3) is 0 Å². The van der Waals surface area contributed by atoms with E-state index in [1.54, 1.807) is 0 Å². The molecule has 0 aliphatic heterocycles. The molecule has 4 nitrogen and oxygen atoms in total. The average molecular weight is 148 g/mol. The van der Waals surface area contributed by atoms with Gasteiger partial charge < -0.3 is 0 Å². The van der Waals surface area contributed by atoms with Gasteiger partial charge in [-0.15, -0.1) is 0 Å². The molecule has 0 saturated carbocycles. The normalized spacial score (nSPS) is 10.7. The molecule has 5 heteroatoms. The van der Waals surface area contributed by atoms with Gasteiger partial charge in [0.1, 0.15) is 0 Å². The lowest BCUT2D eigenvalue weighted by Gasteiger charge is -1.92. The van der Waals surface area contributed by atoms with E-state index in [-0.39, 0.29) is 6.54 Å². The van der Waals surface area contributed by atoms with Crippen LogP contribution in [-0.4, -0.2) is 21.2 Å². The van der Waals surface area contributed by atoms with Crippen molar-refractivity contribution in [2.75, 3.05) is 6.54 Å². The molecule has 51 valence electrons. The van der Waals surface area contributed by atoms with Crippen molar-refractivity contribution in [2.24, 2.45) is 0 Å². The molecule has 0 heterocycles. The van der Waals surface area contributed by atoms with E-state index in [9.17, 15) is 13.2 Å². The molecule has 0 aliphatic carbocycles. The SMILES string of the molecule is C=CS(=O)(=O)NC[C]=O. The van der Waals surface area contributed by atoms with E-state index in [0.717, 1.165) is 5.41 Å². The van der Waals surface area contributed by atoms with Gasteiger partial charge in [0.15, 0.2) is 0 Å². The maximum Gasteiger partial charge on any atom is 0.233 e. The Bertz CT molecular complexity index is 194. The lowest BCUT2D eigenvalue weighted by atomic mass is 10.8. The summed E-state index contributed by atoms with van der Waals surface area (Å²) in [6, 6.07) is 0. The molecular weight excluding hydrogens is 142 g/mol. The van der Waals surface area contributed by atoms with Crippen LogP contribution in [0.3, 0.4) is 0 Å². The van der Waals surface area contributed by atoms with Crippen LogP contribution >= 0.6 is 0 Å². The second kappa shape index (κ2) is 3.37. The molecule has 0 saturated heterocycles. The van der Waals surface area contributed by atoms with Gasteiger partial charge in [0.05, 0.1) is 6.54 Å². The number of nitrogens with one attached hydrogen (secondary N) is 1. The Morgan fingerprint density at radius 2 is 2.22 bits per heavy atom. The van der Waals surface area contributed by atoms with Gasteiger partial charge in [0.2, 0.25) is 16.3 Å². The summed E-state index contributed by atoms with van der Waals surface area (Å²) in [7, 11) is -3.43. The molecule has 9 heavy (non-hydrogen) atoms. The van der Waals surface area contributed by atoms with E-state index in [0.29, 0.717) is 0 Å². The molecule has 0 unspecified atom stereocenters. The molecule has 0 aliphatic rings. The summed E-state index contributed by atoms with van der Waals surface area (Å²) < 4.78 is 22.6. The van der Waals surface area contributed by atoms with Crippen molar-refractivity contribution >= 4 is 16.3 Å². The molecule has 0 bridgehead atoms. The van der Waals surface area contributed by atoms with Crippen molar-refractivity contribution in [3.05, 3.63) is 12.0 Å². The summed E-state index contributed by atoms with van der Waals surface area (Å²) in [5.74, 6) is 0. The minimum absolute atomic E-state index is 0.325. The van der Waals surface area contributed by atoms with Gasteiger partial charge >= 0.3 is 0 Å². The standard InChI is InChI=1S/C4H6NO3S/c1-2-9(7,8)5-3-4-6/h2,5H,1,3H2. The lowest BCUT2D eigenvalue weighted by Crippen LogP contribution is -2.22. The van der Waals surface area contributed by atoms with Gasteiger partial charge in [0, 0.05) is 5.41 Å². The quantitative estimate of drug-likeness (QED) is 0.565. The molecule has 0 rings (SSSR count). The van der Waals surface area contributed by atoms with E-state index in [4.69, 9.17) is 0 Å². The number of rotatable bonds is 4. The molecule has 0 amide bonds. The molecular formula is C4H6NO3S. The van der Waals surface area contributed by atoms with Crippen LogP contribution in [0.4, 0.5) is 0 Å². The minimum atomic E-state index is -3.43. The highest BCUT2D eigenvalue weighted by atomic mass is 32.2. The van der Waals surface area contributed by atoms with E-state index in [2.05, 4.69) is 6.58 Å². The van der Waals surface area contributed by atoms with Crippen molar-refractivity contribution in [1.82, 2.24) is 4.72 Å². The molecule has 0 atom stereocenters. The van der Waals surface area contributed by atoms with Gasteiger partial charge in [-0.1, -0.05) is 6.58 Å². The highest BCUT2D eigenvalue weighted by Crippen LogP contribution is 1.79. The second-order valence-electron chi connectivity index (χ2n) is 1.18. The maximum atomic E-state index is 10.4. The summed E-state index contributed by atoms with van der Waals surface area (Å²) in [6.45, 7) is 2.68. The van der Waals surface area contributed by atoms with Gasteiger partial charge in [-0.2, -0.15) is 0 Å². The fourth-order valence-corrected chi connectivity index (χ4v) is 0.567. The van der Waals surface area contributed by atoms with Crippen molar-refractivity contribution in [3.8, 4) is 0 Å². The van der Waals surface area contributed by atoms with E-state index in [1.165, 1.54) is 6.29 Å². The van der Waals surface area contributed by atoms with Crippen LogP contribution in [0.2, 0.25) is 0 Å². The first-order chi connectivity index (χ1) is 4.12. The molecule has 0 aromatic rings. The van der Waals surface area contributed by atoms with Gasteiger partial charge in [-0.25, -0.2) is 13.1 Å². The predicted octanol–water partition coefficient (Wildman–Crippen LogP) is -0.841. The summed E-state index contributed by atoms with van der Waals surface area (Å²) in [6.07, 6.45) is 1.37. The van der Waals surface area contributed by atoms with Crippen LogP contribution in [0, 0.1) is 0 Å². The van der Waals surface area contributed by atoms with Crippen molar-refractivity contribution in [1.29, 1.82) is 0 Å². The van der Waals surface area contributed by atoms with E-state index >= 15 is 0 Å². The lowest BCUT2D eigenvalue weighted by molar-refractivity contribution is 0.551. The minimum Gasteiger partial charge on any atom is -0.289 e. The van der Waals surface area contributed by atoms with Crippen LogP contribution in [0.25, 0.3) is 0 Å². The zero-order valence-electron chi connectivity index (χ0n) is 4.62. The zero-order chi connectivity index (χ0) is 7.33. The monoisotopic (exact) mass is 148 g/mol. The van der Waals surface area contributed by atoms with Crippen LogP contribution in [0.1, 0.15) is 0 Å². The van der Waals surface area contributed by atoms with Crippen LogP contribution in [0.5, 0.6) is 0 Å². The first-order valence-electron chi connectivity index (χ1n) is 2.09. The highest BCUT2D eigenvalue weighted by molar-refractivity contribution is 7.92. The number of carbonyl (C=O) groups excluding carboxylic acids is 1. The number of hydrogen-bond acceptors (Lipinski definition) is 3. The van der Waals surface area contributed by atoms with Crippen LogP contribution < -0.4 is 4.72 Å². The molecule has 0 spiro atoms. The maximum absolute atomic E-state index is 10.4. The average Bonchev–Trinajstić information content (AvgIpc) is 1.84. The fraction of sp³-hybridized carbons (Fsp3) is 0.250. The Kier molecular flexibility index (Phi) is 3.11. The largest absolute Gasteiger partial charge is 0.289 e. The number of sulfonamides is 1. The summed E-state index contributed by atoms with van der Waals surface area (Å²) in [5, 5.41) is 0.727. The second-order valence-corrected chi connectivity index (χ2v) is 2.89. The van der Waals surface area contributed by atoms with Crippen LogP contribution in [0.15, 0.2) is 12.0 Å². The van der Waals surface area contributed by atoms with Crippen molar-refractivity contribution < 1.29 is 13.2 Å².